The molecular formula is C28H33N3O2. The van der Waals surface area contributed by atoms with Crippen LogP contribution >= 0.6 is 0 Å². The number of hydrogen-bond acceptors (Lipinski definition) is 4. The first kappa shape index (κ1) is 22.9. The second kappa shape index (κ2) is 11.5. The highest BCUT2D eigenvalue weighted by Crippen LogP contribution is 2.22. The zero-order valence-corrected chi connectivity index (χ0v) is 19.6. The van der Waals surface area contributed by atoms with Crippen LogP contribution in [0.3, 0.4) is 0 Å². The summed E-state index contributed by atoms with van der Waals surface area (Å²) in [5.74, 6) is 2.50. The number of likely N-dealkylation sites (tertiary alicyclic amines) is 1. The zero-order chi connectivity index (χ0) is 22.9. The number of nitrogens with one attached hydrogen (secondary N) is 1. The Morgan fingerprint density at radius 1 is 0.879 bits per heavy atom. The number of aryl methyl sites for hydroxylation is 1. The molecule has 3 aromatic rings. The van der Waals surface area contributed by atoms with Gasteiger partial charge < -0.3 is 19.7 Å². The molecule has 0 bridgehead atoms. The molecule has 1 saturated heterocycles. The second-order valence-corrected chi connectivity index (χ2v) is 8.42. The van der Waals surface area contributed by atoms with E-state index in [2.05, 4.69) is 41.4 Å². The van der Waals surface area contributed by atoms with E-state index in [4.69, 9.17) is 14.5 Å². The predicted molar refractivity (Wildman–Crippen MR) is 136 cm³/mol. The molecule has 4 rings (SSSR count). The van der Waals surface area contributed by atoms with Gasteiger partial charge in [0.15, 0.2) is 0 Å². The van der Waals surface area contributed by atoms with E-state index in [1.165, 1.54) is 31.5 Å². The molecule has 3 aromatic carbocycles. The maximum Gasteiger partial charge on any atom is 0.138 e. The molecule has 0 saturated carbocycles. The highest BCUT2D eigenvalue weighted by molar-refractivity contribution is 6.09. The Morgan fingerprint density at radius 3 is 2.21 bits per heavy atom. The number of ether oxygens (including phenoxy) is 2. The Bertz CT molecular complexity index is 1020. The Morgan fingerprint density at radius 2 is 1.55 bits per heavy atom. The Labute approximate surface area is 197 Å². The lowest BCUT2D eigenvalue weighted by Crippen LogP contribution is -2.21. The van der Waals surface area contributed by atoms with Crippen LogP contribution in [0, 0.1) is 6.92 Å². The van der Waals surface area contributed by atoms with Crippen molar-refractivity contribution in [3.8, 4) is 11.5 Å². The highest BCUT2D eigenvalue weighted by Gasteiger charge is 2.10. The van der Waals surface area contributed by atoms with Gasteiger partial charge in [-0.25, -0.2) is 4.99 Å². The maximum absolute atomic E-state index is 5.94. The molecule has 33 heavy (non-hydrogen) atoms. The molecule has 5 heteroatoms. The summed E-state index contributed by atoms with van der Waals surface area (Å²) in [5, 5.41) is 3.46. The number of benzene rings is 3. The fourth-order valence-electron chi connectivity index (χ4n) is 3.92. The van der Waals surface area contributed by atoms with Crippen molar-refractivity contribution in [3.05, 3.63) is 83.9 Å². The van der Waals surface area contributed by atoms with Crippen molar-refractivity contribution in [3.63, 3.8) is 0 Å². The molecule has 5 nitrogen and oxygen atoms in total. The van der Waals surface area contributed by atoms with Crippen LogP contribution in [0.2, 0.25) is 0 Å². The number of aliphatic imine (C=N–C) groups is 1. The third-order valence-electron chi connectivity index (χ3n) is 5.84. The molecule has 0 unspecified atom stereocenters. The van der Waals surface area contributed by atoms with Gasteiger partial charge in [0.1, 0.15) is 17.3 Å². The first-order valence-electron chi connectivity index (χ1n) is 11.7. The fourth-order valence-corrected chi connectivity index (χ4v) is 3.92. The average Bonchev–Trinajstić information content (AvgIpc) is 3.37. The average molecular weight is 444 g/mol. The van der Waals surface area contributed by atoms with Gasteiger partial charge in [-0.05, 0) is 87.8 Å². The number of rotatable bonds is 9. The van der Waals surface area contributed by atoms with Crippen LogP contribution in [-0.2, 0) is 0 Å². The van der Waals surface area contributed by atoms with Gasteiger partial charge in [0.25, 0.3) is 0 Å². The van der Waals surface area contributed by atoms with Crippen molar-refractivity contribution in [1.29, 1.82) is 0 Å². The molecule has 1 N–H and O–H groups in total. The van der Waals surface area contributed by atoms with E-state index in [9.17, 15) is 0 Å². The standard InChI is InChI=1S/C28H33N3O2/c1-22-6-8-23(9-7-22)28(29-24-10-14-26(32-2)15-11-24)30-25-12-16-27(17-13-25)33-21-5-20-31-18-3-4-19-31/h6-17H,3-5,18-21H2,1-2H3,(H,29,30). The van der Waals surface area contributed by atoms with Crippen molar-refractivity contribution in [2.45, 2.75) is 26.2 Å². The van der Waals surface area contributed by atoms with E-state index in [1.807, 2.05) is 48.5 Å². The number of methoxy groups -OCH3 is 1. The minimum Gasteiger partial charge on any atom is -0.497 e. The van der Waals surface area contributed by atoms with Gasteiger partial charge in [-0.1, -0.05) is 29.8 Å². The van der Waals surface area contributed by atoms with E-state index in [1.54, 1.807) is 7.11 Å². The first-order valence-corrected chi connectivity index (χ1v) is 11.7. The van der Waals surface area contributed by atoms with Gasteiger partial charge in [-0.3, -0.25) is 0 Å². The molecule has 0 aromatic heterocycles. The number of nitrogens with zero attached hydrogens (tertiary/aromatic N) is 2. The minimum atomic E-state index is 0.743. The van der Waals surface area contributed by atoms with E-state index in [-0.39, 0.29) is 0 Å². The van der Waals surface area contributed by atoms with E-state index < -0.39 is 0 Å². The van der Waals surface area contributed by atoms with Crippen LogP contribution < -0.4 is 14.8 Å². The summed E-state index contributed by atoms with van der Waals surface area (Å²) in [6.45, 7) is 6.43. The van der Waals surface area contributed by atoms with Crippen LogP contribution in [0.4, 0.5) is 11.4 Å². The van der Waals surface area contributed by atoms with Crippen molar-refractivity contribution >= 4 is 17.2 Å². The summed E-state index contributed by atoms with van der Waals surface area (Å²) < 4.78 is 11.2. The van der Waals surface area contributed by atoms with Crippen LogP contribution in [0.5, 0.6) is 11.5 Å². The normalized spacial score (nSPS) is 14.3. The Kier molecular flexibility index (Phi) is 7.99. The summed E-state index contributed by atoms with van der Waals surface area (Å²) in [7, 11) is 1.67. The van der Waals surface area contributed by atoms with E-state index in [0.29, 0.717) is 0 Å². The van der Waals surface area contributed by atoms with Crippen molar-refractivity contribution < 1.29 is 9.47 Å². The summed E-state index contributed by atoms with van der Waals surface area (Å²) >= 11 is 0. The monoisotopic (exact) mass is 443 g/mol. The quantitative estimate of drug-likeness (QED) is 0.248. The molecule has 1 heterocycles. The van der Waals surface area contributed by atoms with Crippen LogP contribution in [0.1, 0.15) is 30.4 Å². The van der Waals surface area contributed by atoms with Crippen molar-refractivity contribution in [1.82, 2.24) is 4.90 Å². The van der Waals surface area contributed by atoms with E-state index in [0.717, 1.165) is 53.8 Å². The van der Waals surface area contributed by atoms with Crippen molar-refractivity contribution in [2.75, 3.05) is 38.7 Å². The van der Waals surface area contributed by atoms with Gasteiger partial charge in [-0.2, -0.15) is 0 Å². The smallest absolute Gasteiger partial charge is 0.138 e. The minimum absolute atomic E-state index is 0.743. The molecule has 0 aliphatic carbocycles. The lowest BCUT2D eigenvalue weighted by molar-refractivity contribution is 0.263. The molecular weight excluding hydrogens is 410 g/mol. The third kappa shape index (κ3) is 6.83. The van der Waals surface area contributed by atoms with Gasteiger partial charge in [0.2, 0.25) is 0 Å². The molecule has 0 radical (unpaired) electrons. The SMILES string of the molecule is COc1ccc(NC(=Nc2ccc(OCCCN3CCCC3)cc2)c2ccc(C)cc2)cc1. The van der Waals surface area contributed by atoms with Crippen LogP contribution in [-0.4, -0.2) is 44.1 Å². The fraction of sp³-hybridized carbons (Fsp3) is 0.321. The molecule has 0 spiro atoms. The van der Waals surface area contributed by atoms with Gasteiger partial charge in [0, 0.05) is 17.8 Å². The summed E-state index contributed by atoms with van der Waals surface area (Å²) in [6, 6.07) is 24.2. The molecule has 1 fully saturated rings. The van der Waals surface area contributed by atoms with Gasteiger partial charge in [0.05, 0.1) is 19.4 Å². The maximum atomic E-state index is 5.94. The summed E-state index contributed by atoms with van der Waals surface area (Å²) in [5.41, 5.74) is 4.07. The van der Waals surface area contributed by atoms with Gasteiger partial charge in [-0.15, -0.1) is 0 Å². The summed E-state index contributed by atoms with van der Waals surface area (Å²) in [6.07, 6.45) is 3.73. The Balaban J connectivity index is 1.43. The largest absolute Gasteiger partial charge is 0.497 e. The predicted octanol–water partition coefficient (Wildman–Crippen LogP) is 6.06. The molecule has 1 aliphatic rings. The summed E-state index contributed by atoms with van der Waals surface area (Å²) in [4.78, 5) is 7.42. The van der Waals surface area contributed by atoms with Crippen LogP contribution in [0.15, 0.2) is 77.8 Å². The van der Waals surface area contributed by atoms with E-state index >= 15 is 0 Å². The topological polar surface area (TPSA) is 46.1 Å². The Hall–Kier alpha value is -3.31. The zero-order valence-electron chi connectivity index (χ0n) is 19.6. The molecule has 172 valence electrons. The van der Waals surface area contributed by atoms with Gasteiger partial charge >= 0.3 is 0 Å². The number of anilines is 1. The molecule has 0 amide bonds. The highest BCUT2D eigenvalue weighted by atomic mass is 16.5. The third-order valence-corrected chi connectivity index (χ3v) is 5.84. The number of hydrogen-bond donors (Lipinski definition) is 1. The lowest BCUT2D eigenvalue weighted by atomic mass is 10.1. The molecule has 1 aliphatic heterocycles. The number of amidine groups is 1. The second-order valence-electron chi connectivity index (χ2n) is 8.42. The van der Waals surface area contributed by atoms with Crippen molar-refractivity contribution in [2.24, 2.45) is 4.99 Å². The molecule has 0 atom stereocenters. The first-order chi connectivity index (χ1) is 16.2. The lowest BCUT2D eigenvalue weighted by Gasteiger charge is -2.14. The van der Waals surface area contributed by atoms with Crippen LogP contribution in [0.25, 0.3) is 0 Å².